The van der Waals surface area contributed by atoms with E-state index in [0.717, 1.165) is 21.8 Å². The number of H-pyrrole nitrogens is 1. The number of rotatable bonds is 2. The van der Waals surface area contributed by atoms with Gasteiger partial charge in [0.15, 0.2) is 0 Å². The van der Waals surface area contributed by atoms with Crippen molar-refractivity contribution in [2.75, 3.05) is 6.54 Å². The van der Waals surface area contributed by atoms with Crippen molar-refractivity contribution in [3.63, 3.8) is 0 Å². The fraction of sp³-hybridized carbons (Fsp3) is 0.391. The van der Waals surface area contributed by atoms with E-state index in [2.05, 4.69) is 20.8 Å². The summed E-state index contributed by atoms with van der Waals surface area (Å²) in [6.45, 7) is 7.57. The Labute approximate surface area is 185 Å². The van der Waals surface area contributed by atoms with Crippen LogP contribution in [0.1, 0.15) is 49.8 Å². The van der Waals surface area contributed by atoms with Crippen molar-refractivity contribution in [3.8, 4) is 0 Å². The molecule has 3 amide bonds. The summed E-state index contributed by atoms with van der Waals surface area (Å²) in [6.07, 6.45) is 0.645. The second-order valence-corrected chi connectivity index (χ2v) is 8.96. The van der Waals surface area contributed by atoms with Crippen LogP contribution in [0.3, 0.4) is 0 Å². The Morgan fingerprint density at radius 1 is 1.16 bits per heavy atom. The lowest BCUT2D eigenvalue weighted by Crippen LogP contribution is -2.52. The SMILES string of the molecule is Cc1nc(C(=O)NNC(=O)[C@@H]2CCCN2C(=O)OC(C)(C)C)cc2c1[nH]c1ccccc12. The number of nitrogens with zero attached hydrogens (tertiary/aromatic N) is 2. The van der Waals surface area contributed by atoms with Gasteiger partial charge in [-0.2, -0.15) is 0 Å². The van der Waals surface area contributed by atoms with E-state index >= 15 is 0 Å². The fourth-order valence-electron chi connectivity index (χ4n) is 3.96. The Bertz CT molecular complexity index is 1210. The summed E-state index contributed by atoms with van der Waals surface area (Å²) in [4.78, 5) is 46.9. The molecular weight excluding hydrogens is 410 g/mol. The molecule has 1 aromatic carbocycles. The summed E-state index contributed by atoms with van der Waals surface area (Å²) in [6, 6.07) is 8.81. The zero-order valence-electron chi connectivity index (χ0n) is 18.6. The molecule has 0 aliphatic carbocycles. The summed E-state index contributed by atoms with van der Waals surface area (Å²) in [5.41, 5.74) is 6.90. The van der Waals surface area contributed by atoms with Gasteiger partial charge in [0.1, 0.15) is 17.3 Å². The van der Waals surface area contributed by atoms with Crippen molar-refractivity contribution in [1.82, 2.24) is 25.7 Å². The molecule has 0 spiro atoms. The summed E-state index contributed by atoms with van der Waals surface area (Å²) in [5, 5.41) is 1.88. The Kier molecular flexibility index (Phi) is 5.50. The highest BCUT2D eigenvalue weighted by Gasteiger charge is 2.36. The van der Waals surface area contributed by atoms with Crippen LogP contribution in [-0.4, -0.2) is 51.0 Å². The predicted octanol–water partition coefficient (Wildman–Crippen LogP) is 3.19. The molecule has 0 unspecified atom stereocenters. The number of likely N-dealkylation sites (tertiary alicyclic amines) is 1. The van der Waals surface area contributed by atoms with Crippen LogP contribution in [0, 0.1) is 6.92 Å². The van der Waals surface area contributed by atoms with Crippen LogP contribution >= 0.6 is 0 Å². The normalized spacial score (nSPS) is 16.4. The summed E-state index contributed by atoms with van der Waals surface area (Å²) < 4.78 is 5.39. The monoisotopic (exact) mass is 437 g/mol. The molecule has 4 rings (SSSR count). The minimum absolute atomic E-state index is 0.190. The van der Waals surface area contributed by atoms with Gasteiger partial charge in [0, 0.05) is 22.8 Å². The zero-order valence-corrected chi connectivity index (χ0v) is 18.6. The van der Waals surface area contributed by atoms with Crippen molar-refractivity contribution in [2.24, 2.45) is 0 Å². The number of aromatic nitrogens is 2. The standard InChI is InChI=1S/C23H27N5O4/c1-13-19-15(14-8-5-6-9-16(14)25-19)12-17(24-13)20(29)26-27-21(30)18-10-7-11-28(18)22(31)32-23(2,3)4/h5-6,8-9,12,18,25H,7,10-11H2,1-4H3,(H,26,29)(H,27,30)/t18-/m0/s1. The van der Waals surface area contributed by atoms with E-state index in [1.54, 1.807) is 26.8 Å². The number of hydrogen-bond acceptors (Lipinski definition) is 5. The van der Waals surface area contributed by atoms with Gasteiger partial charge >= 0.3 is 6.09 Å². The second-order valence-electron chi connectivity index (χ2n) is 8.96. The Morgan fingerprint density at radius 2 is 1.91 bits per heavy atom. The number of fused-ring (bicyclic) bond motifs is 3. The van der Waals surface area contributed by atoms with Gasteiger partial charge in [0.2, 0.25) is 0 Å². The molecule has 9 nitrogen and oxygen atoms in total. The molecule has 3 N–H and O–H groups in total. The molecule has 0 bridgehead atoms. The number of para-hydroxylation sites is 1. The number of pyridine rings is 1. The molecule has 1 atom stereocenters. The lowest BCUT2D eigenvalue weighted by atomic mass is 10.1. The molecule has 2 aromatic heterocycles. The quantitative estimate of drug-likeness (QED) is 0.533. The highest BCUT2D eigenvalue weighted by molar-refractivity contribution is 6.10. The molecule has 0 radical (unpaired) electrons. The lowest BCUT2D eigenvalue weighted by Gasteiger charge is -2.28. The first-order valence-corrected chi connectivity index (χ1v) is 10.6. The maximum atomic E-state index is 12.7. The molecule has 168 valence electrons. The number of aromatic amines is 1. The molecule has 1 aliphatic heterocycles. The van der Waals surface area contributed by atoms with E-state index < -0.39 is 29.6 Å². The highest BCUT2D eigenvalue weighted by atomic mass is 16.6. The van der Waals surface area contributed by atoms with Crippen molar-refractivity contribution >= 4 is 39.7 Å². The van der Waals surface area contributed by atoms with Crippen LogP contribution in [0.25, 0.3) is 21.8 Å². The Morgan fingerprint density at radius 3 is 2.66 bits per heavy atom. The highest BCUT2D eigenvalue weighted by Crippen LogP contribution is 2.27. The van der Waals surface area contributed by atoms with Crippen molar-refractivity contribution in [2.45, 2.75) is 52.2 Å². The van der Waals surface area contributed by atoms with Crippen LogP contribution in [0.15, 0.2) is 30.3 Å². The fourth-order valence-corrected chi connectivity index (χ4v) is 3.96. The third-order valence-electron chi connectivity index (χ3n) is 5.39. The van der Waals surface area contributed by atoms with Gasteiger partial charge in [-0.25, -0.2) is 9.78 Å². The van der Waals surface area contributed by atoms with Crippen LogP contribution in [0.5, 0.6) is 0 Å². The maximum Gasteiger partial charge on any atom is 0.410 e. The Hall–Kier alpha value is -3.62. The molecule has 1 fully saturated rings. The number of hydrogen-bond donors (Lipinski definition) is 3. The smallest absolute Gasteiger partial charge is 0.410 e. The van der Waals surface area contributed by atoms with Gasteiger partial charge in [-0.1, -0.05) is 18.2 Å². The summed E-state index contributed by atoms with van der Waals surface area (Å²) in [5.74, 6) is -0.998. The van der Waals surface area contributed by atoms with E-state index in [0.29, 0.717) is 25.1 Å². The third kappa shape index (κ3) is 4.23. The molecule has 32 heavy (non-hydrogen) atoms. The van der Waals surface area contributed by atoms with Crippen molar-refractivity contribution in [3.05, 3.63) is 41.7 Å². The number of carbonyl (C=O) groups is 3. The number of nitrogens with one attached hydrogen (secondary N) is 3. The molecule has 1 aliphatic rings. The number of aryl methyl sites for hydroxylation is 1. The van der Waals surface area contributed by atoms with Gasteiger partial charge in [-0.05, 0) is 52.7 Å². The number of carbonyl (C=O) groups excluding carboxylic acids is 3. The van der Waals surface area contributed by atoms with E-state index in [4.69, 9.17) is 4.74 Å². The van der Waals surface area contributed by atoms with Gasteiger partial charge < -0.3 is 9.72 Å². The summed E-state index contributed by atoms with van der Waals surface area (Å²) in [7, 11) is 0. The minimum Gasteiger partial charge on any atom is -0.444 e. The van der Waals surface area contributed by atoms with E-state index in [-0.39, 0.29) is 5.69 Å². The number of ether oxygens (including phenoxy) is 1. The van der Waals surface area contributed by atoms with Crippen molar-refractivity contribution < 1.29 is 19.1 Å². The molecule has 0 saturated carbocycles. The van der Waals surface area contributed by atoms with Gasteiger partial charge in [0.25, 0.3) is 11.8 Å². The predicted molar refractivity (Wildman–Crippen MR) is 120 cm³/mol. The van der Waals surface area contributed by atoms with E-state index in [9.17, 15) is 14.4 Å². The second kappa shape index (κ2) is 8.14. The average Bonchev–Trinajstić information content (AvgIpc) is 3.36. The average molecular weight is 438 g/mol. The molecule has 9 heteroatoms. The minimum atomic E-state index is -0.698. The third-order valence-corrected chi connectivity index (χ3v) is 5.39. The largest absolute Gasteiger partial charge is 0.444 e. The molecule has 1 saturated heterocycles. The zero-order chi connectivity index (χ0) is 23.0. The van der Waals surface area contributed by atoms with Crippen LogP contribution in [0.2, 0.25) is 0 Å². The Balaban J connectivity index is 1.46. The first kappa shape index (κ1) is 21.6. The molecule has 3 heterocycles. The lowest BCUT2D eigenvalue weighted by molar-refractivity contribution is -0.126. The van der Waals surface area contributed by atoms with E-state index in [1.165, 1.54) is 4.90 Å². The van der Waals surface area contributed by atoms with Gasteiger partial charge in [-0.3, -0.25) is 25.3 Å². The topological polar surface area (TPSA) is 116 Å². The number of amides is 3. The summed E-state index contributed by atoms with van der Waals surface area (Å²) >= 11 is 0. The molecule has 3 aromatic rings. The molecular formula is C23H27N5O4. The number of benzene rings is 1. The van der Waals surface area contributed by atoms with Crippen LogP contribution in [0.4, 0.5) is 4.79 Å². The number of hydrazine groups is 1. The van der Waals surface area contributed by atoms with Crippen LogP contribution < -0.4 is 10.9 Å². The van der Waals surface area contributed by atoms with E-state index in [1.807, 2.05) is 31.2 Å². The van der Waals surface area contributed by atoms with Crippen LogP contribution in [-0.2, 0) is 9.53 Å². The van der Waals surface area contributed by atoms with Gasteiger partial charge in [-0.15, -0.1) is 0 Å². The maximum absolute atomic E-state index is 12.7. The van der Waals surface area contributed by atoms with Crippen molar-refractivity contribution in [1.29, 1.82) is 0 Å². The van der Waals surface area contributed by atoms with Gasteiger partial charge in [0.05, 0.1) is 11.2 Å². The first-order chi connectivity index (χ1) is 15.1. The first-order valence-electron chi connectivity index (χ1n) is 10.6.